The summed E-state index contributed by atoms with van der Waals surface area (Å²) in [6.45, 7) is 4.09. The molecule has 3 unspecified atom stereocenters. The van der Waals surface area contributed by atoms with Crippen LogP contribution in [0.3, 0.4) is 0 Å². The van der Waals surface area contributed by atoms with E-state index in [0.29, 0.717) is 6.61 Å². The lowest BCUT2D eigenvalue weighted by Crippen LogP contribution is -2.42. The van der Waals surface area contributed by atoms with Gasteiger partial charge in [0.15, 0.2) is 0 Å². The van der Waals surface area contributed by atoms with Crippen LogP contribution in [-0.2, 0) is 19.0 Å². The molecule has 0 bridgehead atoms. The van der Waals surface area contributed by atoms with E-state index in [1.54, 1.807) is 0 Å². The van der Waals surface area contributed by atoms with Crippen LogP contribution in [0.2, 0.25) is 0 Å². The van der Waals surface area contributed by atoms with Crippen LogP contribution in [0.25, 0.3) is 0 Å². The maximum atomic E-state index is 11.1. The molecule has 0 saturated carbocycles. The lowest BCUT2D eigenvalue weighted by Gasteiger charge is -2.32. The predicted octanol–water partition coefficient (Wildman–Crippen LogP) is 1.31. The monoisotopic (exact) mass is 222 g/mol. The van der Waals surface area contributed by atoms with Gasteiger partial charge in [-0.15, -0.1) is 11.6 Å². The zero-order valence-corrected chi connectivity index (χ0v) is 9.12. The lowest BCUT2D eigenvalue weighted by molar-refractivity contribution is -0.252. The molecule has 5 heteroatoms. The fourth-order valence-electron chi connectivity index (χ4n) is 1.10. The zero-order chi connectivity index (χ0) is 10.6. The lowest BCUT2D eigenvalue weighted by atomic mass is 10.2. The highest BCUT2D eigenvalue weighted by Gasteiger charge is 2.27. The second kappa shape index (κ2) is 5.53. The summed E-state index contributed by atoms with van der Waals surface area (Å²) in [5.41, 5.74) is 0. The first kappa shape index (κ1) is 11.8. The Labute approximate surface area is 88.5 Å². The molecular weight excluding hydrogens is 208 g/mol. The Hall–Kier alpha value is -0.320. The molecule has 1 saturated heterocycles. The number of ether oxygens (including phenoxy) is 3. The Morgan fingerprint density at radius 1 is 1.50 bits per heavy atom. The number of halogens is 1. The van der Waals surface area contributed by atoms with E-state index in [-0.39, 0.29) is 30.5 Å². The van der Waals surface area contributed by atoms with Gasteiger partial charge in [-0.3, -0.25) is 4.79 Å². The smallest absolute Gasteiger partial charge is 0.309 e. The molecule has 4 nitrogen and oxygen atoms in total. The molecule has 1 heterocycles. The van der Waals surface area contributed by atoms with E-state index in [1.807, 2.05) is 13.8 Å². The van der Waals surface area contributed by atoms with Crippen molar-refractivity contribution in [1.82, 2.24) is 0 Å². The van der Waals surface area contributed by atoms with Gasteiger partial charge in [0.1, 0.15) is 6.61 Å². The first-order valence-electron chi connectivity index (χ1n) is 4.66. The number of esters is 1. The average molecular weight is 223 g/mol. The molecule has 14 heavy (non-hydrogen) atoms. The van der Waals surface area contributed by atoms with Crippen LogP contribution in [-0.4, -0.2) is 37.0 Å². The van der Waals surface area contributed by atoms with Gasteiger partial charge >= 0.3 is 5.97 Å². The van der Waals surface area contributed by atoms with Crippen molar-refractivity contribution in [3.63, 3.8) is 0 Å². The third-order valence-electron chi connectivity index (χ3n) is 2.08. The standard InChI is InChI=1S/C9H15ClO4/c1-6-7(2)13-9(5-12-6)14-8(11)3-4-10/h6-7,9H,3-5H2,1-2H3. The first-order chi connectivity index (χ1) is 6.63. The molecule has 0 spiro atoms. The van der Waals surface area contributed by atoms with Crippen molar-refractivity contribution in [2.45, 2.75) is 38.8 Å². The summed E-state index contributed by atoms with van der Waals surface area (Å²) >= 11 is 5.39. The van der Waals surface area contributed by atoms with Gasteiger partial charge in [0.25, 0.3) is 0 Å². The Bertz CT molecular complexity index is 197. The van der Waals surface area contributed by atoms with Gasteiger partial charge in [-0.25, -0.2) is 0 Å². The van der Waals surface area contributed by atoms with Gasteiger partial charge in [0.2, 0.25) is 6.29 Å². The molecule has 0 N–H and O–H groups in total. The summed E-state index contributed by atoms with van der Waals surface area (Å²) in [5.74, 6) is -0.0893. The van der Waals surface area contributed by atoms with E-state index < -0.39 is 6.29 Å². The second-order valence-electron chi connectivity index (χ2n) is 3.24. The van der Waals surface area contributed by atoms with Crippen molar-refractivity contribution < 1.29 is 19.0 Å². The van der Waals surface area contributed by atoms with Crippen molar-refractivity contribution in [1.29, 1.82) is 0 Å². The number of carbonyl (C=O) groups excluding carboxylic acids is 1. The van der Waals surface area contributed by atoms with Crippen LogP contribution in [0.5, 0.6) is 0 Å². The summed E-state index contributed by atoms with van der Waals surface area (Å²) in [4.78, 5) is 11.1. The topological polar surface area (TPSA) is 44.8 Å². The van der Waals surface area contributed by atoms with Gasteiger partial charge in [0.05, 0.1) is 18.6 Å². The maximum absolute atomic E-state index is 11.1. The molecule has 1 aliphatic rings. The number of alkyl halides is 1. The van der Waals surface area contributed by atoms with Gasteiger partial charge in [-0.05, 0) is 13.8 Å². The van der Waals surface area contributed by atoms with Crippen LogP contribution >= 0.6 is 11.6 Å². The normalized spacial score (nSPS) is 32.6. The maximum Gasteiger partial charge on any atom is 0.309 e. The Kier molecular flexibility index (Phi) is 4.65. The van der Waals surface area contributed by atoms with Crippen LogP contribution in [0, 0.1) is 0 Å². The average Bonchev–Trinajstić information content (AvgIpc) is 2.12. The zero-order valence-electron chi connectivity index (χ0n) is 8.36. The summed E-state index contributed by atoms with van der Waals surface area (Å²) in [7, 11) is 0. The van der Waals surface area contributed by atoms with Crippen LogP contribution in [0.1, 0.15) is 20.3 Å². The van der Waals surface area contributed by atoms with E-state index in [2.05, 4.69) is 0 Å². The first-order valence-corrected chi connectivity index (χ1v) is 5.19. The number of hydrogen-bond acceptors (Lipinski definition) is 4. The van der Waals surface area contributed by atoms with E-state index in [0.717, 1.165) is 0 Å². The van der Waals surface area contributed by atoms with Crippen molar-refractivity contribution in [3.05, 3.63) is 0 Å². The van der Waals surface area contributed by atoms with E-state index >= 15 is 0 Å². The summed E-state index contributed by atoms with van der Waals surface area (Å²) in [6, 6.07) is 0. The minimum absolute atomic E-state index is 0.0398. The molecule has 0 aromatic heterocycles. The van der Waals surface area contributed by atoms with Gasteiger partial charge < -0.3 is 14.2 Å². The molecule has 0 radical (unpaired) electrons. The molecule has 1 rings (SSSR count). The predicted molar refractivity (Wildman–Crippen MR) is 51.2 cm³/mol. The molecule has 82 valence electrons. The van der Waals surface area contributed by atoms with Crippen molar-refractivity contribution in [3.8, 4) is 0 Å². The van der Waals surface area contributed by atoms with Crippen molar-refractivity contribution >= 4 is 17.6 Å². The van der Waals surface area contributed by atoms with E-state index in [1.165, 1.54) is 0 Å². The fraction of sp³-hybridized carbons (Fsp3) is 0.889. The second-order valence-corrected chi connectivity index (χ2v) is 3.62. The van der Waals surface area contributed by atoms with Crippen LogP contribution in [0.4, 0.5) is 0 Å². The van der Waals surface area contributed by atoms with Gasteiger partial charge in [-0.1, -0.05) is 0 Å². The molecule has 0 aromatic rings. The fourth-order valence-corrected chi connectivity index (χ4v) is 1.25. The molecule has 3 atom stereocenters. The molecule has 0 amide bonds. The summed E-state index contributed by atoms with van der Waals surface area (Å²) in [6.07, 6.45) is -0.404. The van der Waals surface area contributed by atoms with Crippen molar-refractivity contribution in [2.75, 3.05) is 12.5 Å². The summed E-state index contributed by atoms with van der Waals surface area (Å²) < 4.78 is 15.7. The number of rotatable bonds is 3. The van der Waals surface area contributed by atoms with Crippen LogP contribution < -0.4 is 0 Å². The van der Waals surface area contributed by atoms with Crippen LogP contribution in [0.15, 0.2) is 0 Å². The van der Waals surface area contributed by atoms with Gasteiger partial charge in [-0.2, -0.15) is 0 Å². The third kappa shape index (κ3) is 3.44. The molecule has 1 aliphatic heterocycles. The third-order valence-corrected chi connectivity index (χ3v) is 2.27. The Morgan fingerprint density at radius 2 is 2.21 bits per heavy atom. The highest BCUT2D eigenvalue weighted by Crippen LogP contribution is 2.15. The number of carbonyl (C=O) groups is 1. The molecule has 0 aliphatic carbocycles. The minimum atomic E-state index is -0.586. The molecule has 1 fully saturated rings. The minimum Gasteiger partial charge on any atom is -0.433 e. The molecule has 0 aromatic carbocycles. The molecular formula is C9H15ClO4. The SMILES string of the molecule is CC1OCC(OC(=O)CCCl)OC1C. The summed E-state index contributed by atoms with van der Waals surface area (Å²) in [5, 5.41) is 0. The number of hydrogen-bond donors (Lipinski definition) is 0. The van der Waals surface area contributed by atoms with Crippen molar-refractivity contribution in [2.24, 2.45) is 0 Å². The highest BCUT2D eigenvalue weighted by atomic mass is 35.5. The van der Waals surface area contributed by atoms with E-state index in [9.17, 15) is 4.79 Å². The Balaban J connectivity index is 2.29. The Morgan fingerprint density at radius 3 is 2.79 bits per heavy atom. The highest BCUT2D eigenvalue weighted by molar-refractivity contribution is 6.18. The largest absolute Gasteiger partial charge is 0.433 e. The van der Waals surface area contributed by atoms with E-state index in [4.69, 9.17) is 25.8 Å². The quantitative estimate of drug-likeness (QED) is 0.534. The van der Waals surface area contributed by atoms with Gasteiger partial charge in [0, 0.05) is 5.88 Å².